The molecule has 0 bridgehead atoms. The zero-order valence-corrected chi connectivity index (χ0v) is 18.3. The lowest BCUT2D eigenvalue weighted by Crippen LogP contribution is -2.47. The van der Waals surface area contributed by atoms with Crippen molar-refractivity contribution < 1.29 is 14.3 Å². The molecule has 8 heteroatoms. The number of likely N-dealkylation sites (tertiary alicyclic amines) is 1. The molecule has 160 valence electrons. The number of hydrogen-bond donors (Lipinski definition) is 1. The van der Waals surface area contributed by atoms with Crippen LogP contribution in [0.2, 0.25) is 0 Å². The van der Waals surface area contributed by atoms with E-state index in [2.05, 4.69) is 22.4 Å². The second-order valence-corrected chi connectivity index (χ2v) is 9.02. The zero-order chi connectivity index (χ0) is 21.1. The van der Waals surface area contributed by atoms with Gasteiger partial charge in [-0.15, -0.1) is 10.2 Å². The fraction of sp³-hybridized carbons (Fsp3) is 0.545. The molecular formula is C22H28N4O3S. The minimum atomic E-state index is -0.332. The molecular weight excluding hydrogens is 400 g/mol. The van der Waals surface area contributed by atoms with Crippen molar-refractivity contribution in [2.45, 2.75) is 57.4 Å². The van der Waals surface area contributed by atoms with Crippen molar-refractivity contribution in [2.24, 2.45) is 5.92 Å². The van der Waals surface area contributed by atoms with Gasteiger partial charge in [0.05, 0.1) is 19.1 Å². The van der Waals surface area contributed by atoms with E-state index < -0.39 is 0 Å². The Hall–Kier alpha value is -2.48. The Morgan fingerprint density at radius 1 is 1.23 bits per heavy atom. The van der Waals surface area contributed by atoms with Crippen LogP contribution in [0.4, 0.5) is 5.13 Å². The van der Waals surface area contributed by atoms with Crippen LogP contribution in [0.15, 0.2) is 24.3 Å². The molecule has 1 aliphatic heterocycles. The molecule has 7 nitrogen and oxygen atoms in total. The molecule has 1 saturated carbocycles. The fourth-order valence-corrected chi connectivity index (χ4v) is 4.93. The second-order valence-electron chi connectivity index (χ2n) is 8.01. The molecule has 2 atom stereocenters. The Bertz CT molecular complexity index is 894. The summed E-state index contributed by atoms with van der Waals surface area (Å²) in [7, 11) is 1.63. The van der Waals surface area contributed by atoms with Gasteiger partial charge in [-0.05, 0) is 43.4 Å². The summed E-state index contributed by atoms with van der Waals surface area (Å²) in [5, 5.41) is 12.9. The van der Waals surface area contributed by atoms with Crippen LogP contribution in [0.1, 0.15) is 68.0 Å². The Labute approximate surface area is 180 Å². The van der Waals surface area contributed by atoms with Crippen LogP contribution in [-0.4, -0.2) is 40.6 Å². The lowest BCUT2D eigenvalue weighted by Gasteiger charge is -2.40. The summed E-state index contributed by atoms with van der Waals surface area (Å²) in [5.41, 5.74) is 0.955. The number of piperidine rings is 1. The highest BCUT2D eigenvalue weighted by Gasteiger charge is 2.40. The number of aromatic nitrogens is 2. The summed E-state index contributed by atoms with van der Waals surface area (Å²) < 4.78 is 5.28. The van der Waals surface area contributed by atoms with Gasteiger partial charge in [0.15, 0.2) is 0 Å². The molecule has 1 aliphatic carbocycles. The van der Waals surface area contributed by atoms with Gasteiger partial charge < -0.3 is 15.0 Å². The summed E-state index contributed by atoms with van der Waals surface area (Å²) in [6, 6.07) is 7.39. The monoisotopic (exact) mass is 428 g/mol. The third-order valence-corrected chi connectivity index (χ3v) is 6.85. The van der Waals surface area contributed by atoms with E-state index in [0.717, 1.165) is 42.0 Å². The van der Waals surface area contributed by atoms with Crippen LogP contribution < -0.4 is 10.1 Å². The number of nitrogens with one attached hydrogen (secondary N) is 1. The smallest absolute Gasteiger partial charge is 0.231 e. The molecule has 30 heavy (non-hydrogen) atoms. The van der Waals surface area contributed by atoms with E-state index >= 15 is 0 Å². The van der Waals surface area contributed by atoms with Gasteiger partial charge >= 0.3 is 0 Å². The highest BCUT2D eigenvalue weighted by molar-refractivity contribution is 7.15. The Kier molecular flexibility index (Phi) is 6.32. The van der Waals surface area contributed by atoms with Crippen molar-refractivity contribution in [3.63, 3.8) is 0 Å². The number of methoxy groups -OCH3 is 1. The van der Waals surface area contributed by atoms with Crippen LogP contribution in [-0.2, 0) is 9.59 Å². The highest BCUT2D eigenvalue weighted by Crippen LogP contribution is 2.42. The van der Waals surface area contributed by atoms with Gasteiger partial charge in [-0.1, -0.05) is 36.8 Å². The third kappa shape index (κ3) is 4.48. The SMILES string of the molecule is CCCCN1C(=O)CC[C@@H](C(=O)Nc2nnc(C3CC3)s2)[C@H]1c1ccc(OC)cc1. The van der Waals surface area contributed by atoms with E-state index in [1.54, 1.807) is 7.11 Å². The topological polar surface area (TPSA) is 84.4 Å². The molecule has 1 N–H and O–H groups in total. The van der Waals surface area contributed by atoms with Gasteiger partial charge in [-0.3, -0.25) is 9.59 Å². The van der Waals surface area contributed by atoms with E-state index in [9.17, 15) is 9.59 Å². The molecule has 2 amide bonds. The van der Waals surface area contributed by atoms with Crippen LogP contribution >= 0.6 is 11.3 Å². The molecule has 0 unspecified atom stereocenters. The molecule has 4 rings (SSSR count). The summed E-state index contributed by atoms with van der Waals surface area (Å²) in [4.78, 5) is 27.9. The molecule has 0 radical (unpaired) electrons. The van der Waals surface area contributed by atoms with Gasteiger partial charge in [0.25, 0.3) is 0 Å². The maximum Gasteiger partial charge on any atom is 0.231 e. The number of amides is 2. The summed E-state index contributed by atoms with van der Waals surface area (Å²) in [5.74, 6) is 0.949. The molecule has 2 aliphatic rings. The number of hydrogen-bond acceptors (Lipinski definition) is 6. The second kappa shape index (κ2) is 9.12. The van der Waals surface area contributed by atoms with Gasteiger partial charge in [0.1, 0.15) is 10.8 Å². The average molecular weight is 429 g/mol. The van der Waals surface area contributed by atoms with Crippen molar-refractivity contribution in [3.8, 4) is 5.75 Å². The maximum absolute atomic E-state index is 13.3. The first kappa shape index (κ1) is 20.8. The Balaban J connectivity index is 1.58. The minimum Gasteiger partial charge on any atom is -0.497 e. The maximum atomic E-state index is 13.3. The Morgan fingerprint density at radius 3 is 2.67 bits per heavy atom. The van der Waals surface area contributed by atoms with Crippen molar-refractivity contribution in [3.05, 3.63) is 34.8 Å². The van der Waals surface area contributed by atoms with Crippen molar-refractivity contribution in [1.29, 1.82) is 0 Å². The van der Waals surface area contributed by atoms with Gasteiger partial charge in [-0.25, -0.2) is 0 Å². The van der Waals surface area contributed by atoms with E-state index in [0.29, 0.717) is 30.4 Å². The number of nitrogens with zero attached hydrogens (tertiary/aromatic N) is 3. The summed E-state index contributed by atoms with van der Waals surface area (Å²) >= 11 is 1.46. The molecule has 0 spiro atoms. The number of benzene rings is 1. The number of carbonyl (C=O) groups excluding carboxylic acids is 2. The van der Waals surface area contributed by atoms with Crippen LogP contribution in [0.3, 0.4) is 0 Å². The quantitative estimate of drug-likeness (QED) is 0.683. The number of carbonyl (C=O) groups is 2. The molecule has 2 fully saturated rings. The normalized spacial score (nSPS) is 21.5. The molecule has 2 aromatic rings. The van der Waals surface area contributed by atoms with Gasteiger partial charge in [0, 0.05) is 18.9 Å². The number of anilines is 1. The number of ether oxygens (including phenoxy) is 1. The van der Waals surface area contributed by atoms with E-state index in [-0.39, 0.29) is 23.8 Å². The van der Waals surface area contributed by atoms with Gasteiger partial charge in [0.2, 0.25) is 16.9 Å². The molecule has 1 aromatic heterocycles. The zero-order valence-electron chi connectivity index (χ0n) is 17.5. The first-order valence-corrected chi connectivity index (χ1v) is 11.5. The summed E-state index contributed by atoms with van der Waals surface area (Å²) in [6.45, 7) is 2.76. The predicted molar refractivity (Wildman–Crippen MR) is 116 cm³/mol. The van der Waals surface area contributed by atoms with Crippen molar-refractivity contribution >= 4 is 28.3 Å². The van der Waals surface area contributed by atoms with Crippen molar-refractivity contribution in [1.82, 2.24) is 15.1 Å². The third-order valence-electron chi connectivity index (χ3n) is 5.85. The lowest BCUT2D eigenvalue weighted by atomic mass is 9.83. The standard InChI is InChI=1S/C22H28N4O3S/c1-3-4-13-26-18(27)12-11-17(19(26)14-7-9-16(29-2)10-8-14)20(28)23-22-25-24-21(30-22)15-5-6-15/h7-10,15,17,19H,3-6,11-13H2,1-2H3,(H,23,25,28)/t17-,19-/m1/s1. The van der Waals surface area contributed by atoms with Crippen LogP contribution in [0.25, 0.3) is 0 Å². The lowest BCUT2D eigenvalue weighted by molar-refractivity contribution is -0.142. The molecule has 1 saturated heterocycles. The van der Waals surface area contributed by atoms with E-state index in [4.69, 9.17) is 4.74 Å². The molecule has 2 heterocycles. The van der Waals surface area contributed by atoms with Crippen LogP contribution in [0, 0.1) is 5.92 Å². The predicted octanol–water partition coefficient (Wildman–Crippen LogP) is 4.14. The van der Waals surface area contributed by atoms with Gasteiger partial charge in [-0.2, -0.15) is 0 Å². The van der Waals surface area contributed by atoms with E-state index in [1.165, 1.54) is 11.3 Å². The summed E-state index contributed by atoms with van der Waals surface area (Å²) in [6.07, 6.45) is 5.12. The van der Waals surface area contributed by atoms with E-state index in [1.807, 2.05) is 29.2 Å². The minimum absolute atomic E-state index is 0.0942. The highest BCUT2D eigenvalue weighted by atomic mass is 32.1. The largest absolute Gasteiger partial charge is 0.497 e. The average Bonchev–Trinajstić information content (AvgIpc) is 3.51. The first-order valence-electron chi connectivity index (χ1n) is 10.7. The fourth-order valence-electron chi connectivity index (χ4n) is 4.01. The molecule has 1 aromatic carbocycles. The van der Waals surface area contributed by atoms with Crippen molar-refractivity contribution in [2.75, 3.05) is 19.0 Å². The number of rotatable bonds is 8. The van der Waals surface area contributed by atoms with Crippen LogP contribution in [0.5, 0.6) is 5.75 Å². The Morgan fingerprint density at radius 2 is 2.00 bits per heavy atom. The number of unbranched alkanes of at least 4 members (excludes halogenated alkanes) is 1. The first-order chi connectivity index (χ1) is 14.6.